The number of Topliss-reactive ketones (excluding diaryl/α,β-unsaturated/α-hetero) is 1. The number of hydrogen-bond donors (Lipinski definition) is 0. The molecule has 0 atom stereocenters. The minimum Gasteiger partial charge on any atom is -0.454 e. The number of aryl methyl sites for hydroxylation is 1. The quantitative estimate of drug-likeness (QED) is 0.626. The minimum atomic E-state index is -0.461. The molecule has 0 spiro atoms. The lowest BCUT2D eigenvalue weighted by molar-refractivity contribution is 0.0475. The summed E-state index contributed by atoms with van der Waals surface area (Å²) in [6.07, 6.45) is 0. The number of thiophene rings is 1. The summed E-state index contributed by atoms with van der Waals surface area (Å²) < 4.78 is 4.95. The SMILES string of the molecule is Cc1ccc(C(=O)COC(=O)c2ccsc2)cc1. The molecule has 0 aliphatic rings. The van der Waals surface area contributed by atoms with Gasteiger partial charge in [0.05, 0.1) is 5.56 Å². The van der Waals surface area contributed by atoms with Crippen LogP contribution in [0.1, 0.15) is 26.3 Å². The molecule has 0 bridgehead atoms. The maximum atomic E-state index is 11.8. The molecule has 0 saturated heterocycles. The summed E-state index contributed by atoms with van der Waals surface area (Å²) >= 11 is 1.41. The van der Waals surface area contributed by atoms with Gasteiger partial charge in [-0.25, -0.2) is 4.79 Å². The first-order valence-corrected chi connectivity index (χ1v) is 6.40. The molecule has 1 heterocycles. The summed E-state index contributed by atoms with van der Waals surface area (Å²) in [6, 6.07) is 8.84. The first-order chi connectivity index (χ1) is 8.66. The van der Waals surface area contributed by atoms with Gasteiger partial charge in [-0.3, -0.25) is 4.79 Å². The molecule has 0 saturated carbocycles. The molecule has 0 amide bonds. The lowest BCUT2D eigenvalue weighted by Gasteiger charge is -2.03. The van der Waals surface area contributed by atoms with Crippen LogP contribution in [-0.2, 0) is 4.74 Å². The largest absolute Gasteiger partial charge is 0.454 e. The highest BCUT2D eigenvalue weighted by Gasteiger charge is 2.11. The van der Waals surface area contributed by atoms with Crippen molar-refractivity contribution < 1.29 is 14.3 Å². The van der Waals surface area contributed by atoms with Crippen molar-refractivity contribution in [2.75, 3.05) is 6.61 Å². The summed E-state index contributed by atoms with van der Waals surface area (Å²) in [5.41, 5.74) is 2.12. The van der Waals surface area contributed by atoms with Crippen molar-refractivity contribution in [2.45, 2.75) is 6.92 Å². The number of carbonyl (C=O) groups is 2. The van der Waals surface area contributed by atoms with Gasteiger partial charge >= 0.3 is 5.97 Å². The van der Waals surface area contributed by atoms with Gasteiger partial charge in [0.2, 0.25) is 0 Å². The second kappa shape index (κ2) is 5.60. The smallest absolute Gasteiger partial charge is 0.339 e. The fraction of sp³-hybridized carbons (Fsp3) is 0.143. The molecule has 1 aromatic heterocycles. The summed E-state index contributed by atoms with van der Waals surface area (Å²) in [4.78, 5) is 23.3. The molecule has 1 aromatic carbocycles. The number of ether oxygens (including phenoxy) is 1. The van der Waals surface area contributed by atoms with Crippen LogP contribution < -0.4 is 0 Å². The van der Waals surface area contributed by atoms with Crippen LogP contribution in [0, 0.1) is 6.92 Å². The lowest BCUT2D eigenvalue weighted by Crippen LogP contribution is -2.13. The lowest BCUT2D eigenvalue weighted by atomic mass is 10.1. The Labute approximate surface area is 109 Å². The Kier molecular flexibility index (Phi) is 3.89. The van der Waals surface area contributed by atoms with E-state index < -0.39 is 5.97 Å². The van der Waals surface area contributed by atoms with Crippen LogP contribution in [0.3, 0.4) is 0 Å². The summed E-state index contributed by atoms with van der Waals surface area (Å²) in [5, 5.41) is 3.48. The first kappa shape index (κ1) is 12.5. The standard InChI is InChI=1S/C14H12O3S/c1-10-2-4-11(5-3-10)13(15)8-17-14(16)12-6-7-18-9-12/h2-7,9H,8H2,1H3. The van der Waals surface area contributed by atoms with E-state index in [-0.39, 0.29) is 12.4 Å². The number of carbonyl (C=O) groups excluding carboxylic acids is 2. The predicted molar refractivity (Wildman–Crippen MR) is 70.1 cm³/mol. The second-order valence-electron chi connectivity index (χ2n) is 3.88. The van der Waals surface area contributed by atoms with Gasteiger partial charge in [-0.2, -0.15) is 11.3 Å². The molecule has 0 aliphatic heterocycles. The van der Waals surface area contributed by atoms with Crippen LogP contribution in [0.5, 0.6) is 0 Å². The van der Waals surface area contributed by atoms with Crippen molar-refractivity contribution in [3.8, 4) is 0 Å². The average molecular weight is 260 g/mol. The highest BCUT2D eigenvalue weighted by molar-refractivity contribution is 7.08. The molecule has 92 valence electrons. The van der Waals surface area contributed by atoms with Crippen LogP contribution in [0.2, 0.25) is 0 Å². The zero-order chi connectivity index (χ0) is 13.0. The van der Waals surface area contributed by atoms with Gasteiger partial charge in [0.1, 0.15) is 0 Å². The Hall–Kier alpha value is -1.94. The predicted octanol–water partition coefficient (Wildman–Crippen LogP) is 3.10. The van der Waals surface area contributed by atoms with Gasteiger partial charge in [-0.05, 0) is 18.4 Å². The van der Waals surface area contributed by atoms with Crippen molar-refractivity contribution in [1.29, 1.82) is 0 Å². The van der Waals surface area contributed by atoms with Crippen molar-refractivity contribution in [3.63, 3.8) is 0 Å². The van der Waals surface area contributed by atoms with Crippen LogP contribution in [0.15, 0.2) is 41.1 Å². The Morgan fingerprint density at radius 1 is 1.11 bits per heavy atom. The maximum absolute atomic E-state index is 11.8. The Bertz CT molecular complexity index is 541. The highest BCUT2D eigenvalue weighted by atomic mass is 32.1. The van der Waals surface area contributed by atoms with E-state index in [4.69, 9.17) is 4.74 Å². The molecule has 3 nitrogen and oxygen atoms in total. The molecule has 4 heteroatoms. The second-order valence-corrected chi connectivity index (χ2v) is 4.66. The first-order valence-electron chi connectivity index (χ1n) is 5.46. The van der Waals surface area contributed by atoms with Gasteiger partial charge < -0.3 is 4.74 Å². The van der Waals surface area contributed by atoms with E-state index >= 15 is 0 Å². The van der Waals surface area contributed by atoms with E-state index in [0.29, 0.717) is 11.1 Å². The fourth-order valence-electron chi connectivity index (χ4n) is 1.42. The normalized spacial score (nSPS) is 10.1. The van der Waals surface area contributed by atoms with Crippen LogP contribution in [-0.4, -0.2) is 18.4 Å². The van der Waals surface area contributed by atoms with E-state index in [1.54, 1.807) is 29.0 Å². The van der Waals surface area contributed by atoms with E-state index in [2.05, 4.69) is 0 Å². The minimum absolute atomic E-state index is 0.196. The van der Waals surface area contributed by atoms with Crippen LogP contribution in [0.25, 0.3) is 0 Å². The van der Waals surface area contributed by atoms with E-state index in [1.165, 1.54) is 11.3 Å². The Balaban J connectivity index is 1.92. The molecule has 0 N–H and O–H groups in total. The van der Waals surface area contributed by atoms with E-state index in [9.17, 15) is 9.59 Å². The maximum Gasteiger partial charge on any atom is 0.339 e. The number of benzene rings is 1. The summed E-state index contributed by atoms with van der Waals surface area (Å²) in [6.45, 7) is 1.72. The van der Waals surface area contributed by atoms with Crippen LogP contribution in [0.4, 0.5) is 0 Å². The fourth-order valence-corrected chi connectivity index (χ4v) is 2.04. The van der Waals surface area contributed by atoms with E-state index in [1.807, 2.05) is 19.1 Å². The third-order valence-electron chi connectivity index (χ3n) is 2.46. The summed E-state index contributed by atoms with van der Waals surface area (Å²) in [5.74, 6) is -0.657. The molecule has 0 fully saturated rings. The van der Waals surface area contributed by atoms with Gasteiger partial charge in [0.25, 0.3) is 0 Å². The van der Waals surface area contributed by atoms with Crippen molar-refractivity contribution in [3.05, 3.63) is 57.8 Å². The molecule has 2 aromatic rings. The Morgan fingerprint density at radius 2 is 1.83 bits per heavy atom. The number of rotatable bonds is 4. The zero-order valence-corrected chi connectivity index (χ0v) is 10.7. The van der Waals surface area contributed by atoms with Gasteiger partial charge in [0.15, 0.2) is 12.4 Å². The zero-order valence-electron chi connectivity index (χ0n) is 9.88. The summed E-state index contributed by atoms with van der Waals surface area (Å²) in [7, 11) is 0. The molecular weight excluding hydrogens is 248 g/mol. The van der Waals surface area contributed by atoms with Crippen molar-refractivity contribution in [1.82, 2.24) is 0 Å². The Morgan fingerprint density at radius 3 is 2.44 bits per heavy atom. The molecule has 2 rings (SSSR count). The topological polar surface area (TPSA) is 43.4 Å². The average Bonchev–Trinajstić information content (AvgIpc) is 2.90. The molecule has 0 aliphatic carbocycles. The highest BCUT2D eigenvalue weighted by Crippen LogP contribution is 2.09. The molecule has 18 heavy (non-hydrogen) atoms. The van der Waals surface area contributed by atoms with Gasteiger partial charge in [-0.1, -0.05) is 29.8 Å². The third kappa shape index (κ3) is 3.05. The molecule has 0 unspecified atom stereocenters. The van der Waals surface area contributed by atoms with Crippen LogP contribution >= 0.6 is 11.3 Å². The van der Waals surface area contributed by atoms with Gasteiger partial charge in [-0.15, -0.1) is 0 Å². The molecular formula is C14H12O3S. The van der Waals surface area contributed by atoms with Crippen molar-refractivity contribution in [2.24, 2.45) is 0 Å². The van der Waals surface area contributed by atoms with Crippen molar-refractivity contribution >= 4 is 23.1 Å². The van der Waals surface area contributed by atoms with Gasteiger partial charge in [0, 0.05) is 10.9 Å². The monoisotopic (exact) mass is 260 g/mol. The molecule has 0 radical (unpaired) electrons. The number of ketones is 1. The number of hydrogen-bond acceptors (Lipinski definition) is 4. The number of esters is 1. The third-order valence-corrected chi connectivity index (χ3v) is 3.15. The van der Waals surface area contributed by atoms with E-state index in [0.717, 1.165) is 5.56 Å².